The summed E-state index contributed by atoms with van der Waals surface area (Å²) in [6.45, 7) is 2.95. The van der Waals surface area contributed by atoms with E-state index >= 15 is 0 Å². The quantitative estimate of drug-likeness (QED) is 0.512. The Bertz CT molecular complexity index is 1100. The Balaban J connectivity index is 1.90. The molecule has 0 atom stereocenters. The first-order valence-electron chi connectivity index (χ1n) is 8.48. The van der Waals surface area contributed by atoms with Crippen LogP contribution in [0, 0.1) is 11.5 Å². The van der Waals surface area contributed by atoms with E-state index < -0.39 is 0 Å². The lowest BCUT2D eigenvalue weighted by atomic mass is 10.2. The predicted octanol–water partition coefficient (Wildman–Crippen LogP) is 2.88. The molecule has 27 heavy (non-hydrogen) atoms. The van der Waals surface area contributed by atoms with Crippen molar-refractivity contribution in [2.45, 2.75) is 0 Å². The average molecular weight is 426 g/mol. The van der Waals surface area contributed by atoms with E-state index in [4.69, 9.17) is 10.00 Å². The molecule has 0 unspecified atom stereocenters. The van der Waals surface area contributed by atoms with Gasteiger partial charge in [0.2, 0.25) is 5.95 Å². The molecule has 0 spiro atoms. The van der Waals surface area contributed by atoms with Gasteiger partial charge in [0.25, 0.3) is 5.56 Å². The van der Waals surface area contributed by atoms with Gasteiger partial charge in [-0.3, -0.25) is 10.1 Å². The van der Waals surface area contributed by atoms with Gasteiger partial charge in [-0.1, -0.05) is 22.0 Å². The van der Waals surface area contributed by atoms with E-state index in [2.05, 4.69) is 31.1 Å². The summed E-state index contributed by atoms with van der Waals surface area (Å²) < 4.78 is 7.64. The van der Waals surface area contributed by atoms with Crippen LogP contribution in [0.25, 0.3) is 16.6 Å². The van der Waals surface area contributed by atoms with E-state index in [1.54, 1.807) is 12.1 Å². The van der Waals surface area contributed by atoms with Crippen LogP contribution in [0.15, 0.2) is 51.7 Å². The third kappa shape index (κ3) is 3.39. The van der Waals surface area contributed by atoms with Crippen molar-refractivity contribution >= 4 is 38.5 Å². The van der Waals surface area contributed by atoms with Gasteiger partial charge in [-0.25, -0.2) is 9.55 Å². The summed E-state index contributed by atoms with van der Waals surface area (Å²) in [6, 6.07) is 13.0. The molecule has 4 rings (SSSR count). The van der Waals surface area contributed by atoms with E-state index in [0.717, 1.165) is 23.2 Å². The normalized spacial score (nSPS) is 14.1. The molecule has 7 nitrogen and oxygen atoms in total. The predicted molar refractivity (Wildman–Crippen MR) is 107 cm³/mol. The van der Waals surface area contributed by atoms with Gasteiger partial charge < -0.3 is 9.64 Å². The number of hydrogen-bond acceptors (Lipinski definition) is 6. The van der Waals surface area contributed by atoms with E-state index in [-0.39, 0.29) is 11.5 Å². The molecule has 1 aliphatic rings. The molecule has 1 aliphatic heterocycles. The van der Waals surface area contributed by atoms with Gasteiger partial charge in [0.05, 0.1) is 29.8 Å². The molecular formula is C19H16BrN5O2. The monoisotopic (exact) mass is 425 g/mol. The molecular weight excluding hydrogens is 410 g/mol. The Labute approximate surface area is 163 Å². The SMILES string of the molecule is N#CNc1nc2ccc(Br)cc2c(=O)n1-c1cccc(N2CCOCC2)c1. The van der Waals surface area contributed by atoms with Crippen molar-refractivity contribution in [3.05, 3.63) is 57.3 Å². The van der Waals surface area contributed by atoms with Crippen LogP contribution < -0.4 is 15.8 Å². The lowest BCUT2D eigenvalue weighted by Crippen LogP contribution is -2.36. The first kappa shape index (κ1) is 17.5. The van der Waals surface area contributed by atoms with Crippen LogP contribution in [0.5, 0.6) is 0 Å². The summed E-state index contributed by atoms with van der Waals surface area (Å²) in [5, 5.41) is 12.1. The number of anilines is 2. The number of aromatic nitrogens is 2. The second-order valence-corrected chi connectivity index (χ2v) is 7.01. The van der Waals surface area contributed by atoms with Crippen LogP contribution in [-0.2, 0) is 4.74 Å². The molecule has 0 bridgehead atoms. The Morgan fingerprint density at radius 1 is 1.15 bits per heavy atom. The number of nitrogens with zero attached hydrogens (tertiary/aromatic N) is 4. The molecule has 8 heteroatoms. The number of ether oxygens (including phenoxy) is 1. The molecule has 0 saturated carbocycles. The molecule has 2 aromatic carbocycles. The third-order valence-electron chi connectivity index (χ3n) is 4.46. The lowest BCUT2D eigenvalue weighted by molar-refractivity contribution is 0.122. The molecule has 136 valence electrons. The lowest BCUT2D eigenvalue weighted by Gasteiger charge is -2.29. The van der Waals surface area contributed by atoms with E-state index in [0.29, 0.717) is 29.8 Å². The average Bonchev–Trinajstić information content (AvgIpc) is 2.70. The molecule has 2 heterocycles. The van der Waals surface area contributed by atoms with Crippen molar-refractivity contribution in [3.63, 3.8) is 0 Å². The van der Waals surface area contributed by atoms with Crippen molar-refractivity contribution in [2.75, 3.05) is 36.5 Å². The standard InChI is InChI=1S/C19H16BrN5O2/c20-13-4-5-17-16(10-13)18(26)25(19(23-17)22-12-21)15-3-1-2-14(11-15)24-6-8-27-9-7-24/h1-5,10-11H,6-9H2,(H,22,23). The minimum absolute atomic E-state index is 0.191. The van der Waals surface area contributed by atoms with E-state index in [9.17, 15) is 4.79 Å². The molecule has 0 radical (unpaired) electrons. The number of fused-ring (bicyclic) bond motifs is 1. The largest absolute Gasteiger partial charge is 0.378 e. The summed E-state index contributed by atoms with van der Waals surface area (Å²) in [6.07, 6.45) is 1.87. The molecule has 3 aromatic rings. The molecule has 1 saturated heterocycles. The number of nitrogens with one attached hydrogen (secondary N) is 1. The highest BCUT2D eigenvalue weighted by molar-refractivity contribution is 9.10. The highest BCUT2D eigenvalue weighted by Gasteiger charge is 2.16. The van der Waals surface area contributed by atoms with Crippen LogP contribution >= 0.6 is 15.9 Å². The van der Waals surface area contributed by atoms with Crippen molar-refractivity contribution < 1.29 is 4.74 Å². The number of nitriles is 1. The van der Waals surface area contributed by atoms with Gasteiger partial charge in [-0.05, 0) is 36.4 Å². The zero-order valence-corrected chi connectivity index (χ0v) is 15.9. The zero-order chi connectivity index (χ0) is 18.8. The summed E-state index contributed by atoms with van der Waals surface area (Å²) in [5.74, 6) is 0.191. The maximum Gasteiger partial charge on any atom is 0.267 e. The van der Waals surface area contributed by atoms with Gasteiger partial charge in [0.1, 0.15) is 0 Å². The molecule has 0 aliphatic carbocycles. The highest BCUT2D eigenvalue weighted by Crippen LogP contribution is 2.23. The fourth-order valence-corrected chi connectivity index (χ4v) is 3.54. The van der Waals surface area contributed by atoms with Crippen LogP contribution in [0.4, 0.5) is 11.6 Å². The first-order valence-corrected chi connectivity index (χ1v) is 9.27. The fraction of sp³-hybridized carbons (Fsp3) is 0.211. The van der Waals surface area contributed by atoms with Gasteiger partial charge in [0, 0.05) is 23.2 Å². The molecule has 1 fully saturated rings. The molecule has 1 N–H and O–H groups in total. The zero-order valence-electron chi connectivity index (χ0n) is 14.4. The Hall–Kier alpha value is -2.89. The van der Waals surface area contributed by atoms with Gasteiger partial charge in [-0.15, -0.1) is 0 Å². The number of morpholine rings is 1. The second kappa shape index (κ2) is 7.39. The Kier molecular flexibility index (Phi) is 4.79. The highest BCUT2D eigenvalue weighted by atomic mass is 79.9. The maximum absolute atomic E-state index is 13.2. The van der Waals surface area contributed by atoms with Gasteiger partial charge >= 0.3 is 0 Å². The second-order valence-electron chi connectivity index (χ2n) is 6.09. The Morgan fingerprint density at radius 3 is 2.70 bits per heavy atom. The number of benzene rings is 2. The van der Waals surface area contributed by atoms with Crippen molar-refractivity contribution in [1.82, 2.24) is 9.55 Å². The summed E-state index contributed by atoms with van der Waals surface area (Å²) in [4.78, 5) is 19.9. The van der Waals surface area contributed by atoms with Gasteiger partial charge in [-0.2, -0.15) is 5.26 Å². The van der Waals surface area contributed by atoms with Crippen LogP contribution in [0.2, 0.25) is 0 Å². The van der Waals surface area contributed by atoms with Crippen LogP contribution in [0.1, 0.15) is 0 Å². The first-order chi connectivity index (χ1) is 13.2. The summed E-state index contributed by atoms with van der Waals surface area (Å²) in [7, 11) is 0. The third-order valence-corrected chi connectivity index (χ3v) is 4.96. The summed E-state index contributed by atoms with van der Waals surface area (Å²) >= 11 is 3.40. The minimum Gasteiger partial charge on any atom is -0.378 e. The Morgan fingerprint density at radius 2 is 1.93 bits per heavy atom. The fourth-order valence-electron chi connectivity index (χ4n) is 3.18. The summed E-state index contributed by atoms with van der Waals surface area (Å²) in [5.41, 5.74) is 1.94. The number of rotatable bonds is 3. The molecule has 0 amide bonds. The smallest absolute Gasteiger partial charge is 0.267 e. The van der Waals surface area contributed by atoms with Crippen molar-refractivity contribution in [1.29, 1.82) is 5.26 Å². The van der Waals surface area contributed by atoms with E-state index in [1.807, 2.05) is 36.5 Å². The van der Waals surface area contributed by atoms with E-state index in [1.165, 1.54) is 4.57 Å². The van der Waals surface area contributed by atoms with Crippen LogP contribution in [-0.4, -0.2) is 35.9 Å². The topological polar surface area (TPSA) is 83.2 Å². The van der Waals surface area contributed by atoms with Crippen molar-refractivity contribution in [3.8, 4) is 11.9 Å². The van der Waals surface area contributed by atoms with Gasteiger partial charge in [0.15, 0.2) is 6.19 Å². The number of hydrogen-bond donors (Lipinski definition) is 1. The maximum atomic E-state index is 13.2. The number of halogens is 1. The minimum atomic E-state index is -0.238. The van der Waals surface area contributed by atoms with Crippen molar-refractivity contribution in [2.24, 2.45) is 0 Å². The molecule has 1 aromatic heterocycles. The van der Waals surface area contributed by atoms with Crippen LogP contribution in [0.3, 0.4) is 0 Å².